The minimum Gasteiger partial charge on any atom is -0.380 e. The van der Waals surface area contributed by atoms with Crippen molar-refractivity contribution in [2.75, 3.05) is 18.4 Å². The third kappa shape index (κ3) is 3.36. The number of nitrogens with zero attached hydrogens (tertiary/aromatic N) is 1. The average Bonchev–Trinajstić information content (AvgIpc) is 2.71. The third-order valence-electron chi connectivity index (χ3n) is 3.24. The van der Waals surface area contributed by atoms with Crippen molar-refractivity contribution in [2.24, 2.45) is 0 Å². The van der Waals surface area contributed by atoms with E-state index in [1.165, 1.54) is 13.0 Å². The highest BCUT2D eigenvalue weighted by molar-refractivity contribution is 9.10. The van der Waals surface area contributed by atoms with E-state index in [0.717, 1.165) is 21.7 Å². The van der Waals surface area contributed by atoms with Crippen molar-refractivity contribution in [1.82, 2.24) is 4.90 Å². The van der Waals surface area contributed by atoms with Crippen molar-refractivity contribution in [1.29, 1.82) is 0 Å². The molecular formula is C13H18BrClN2. The smallest absolute Gasteiger partial charge is 0.0648 e. The van der Waals surface area contributed by atoms with E-state index < -0.39 is 0 Å². The SMILES string of the molecule is CC(C)N1CCC(Nc2ccc(Br)cc2Cl)C1. The second-order valence-electron chi connectivity index (χ2n) is 4.84. The summed E-state index contributed by atoms with van der Waals surface area (Å²) in [5.41, 5.74) is 1.03. The molecular weight excluding hydrogens is 300 g/mol. The molecule has 1 aliphatic heterocycles. The van der Waals surface area contributed by atoms with Crippen LogP contribution >= 0.6 is 27.5 Å². The first-order chi connectivity index (χ1) is 8.06. The van der Waals surface area contributed by atoms with E-state index in [0.29, 0.717) is 12.1 Å². The first-order valence-electron chi connectivity index (χ1n) is 6.02. The largest absolute Gasteiger partial charge is 0.380 e. The zero-order valence-electron chi connectivity index (χ0n) is 10.2. The first-order valence-corrected chi connectivity index (χ1v) is 7.19. The minimum atomic E-state index is 0.510. The van der Waals surface area contributed by atoms with Crippen LogP contribution in [0.15, 0.2) is 22.7 Å². The molecule has 1 fully saturated rings. The molecule has 0 aliphatic carbocycles. The fourth-order valence-electron chi connectivity index (χ4n) is 2.20. The van der Waals surface area contributed by atoms with Crippen molar-refractivity contribution in [3.63, 3.8) is 0 Å². The number of hydrogen-bond donors (Lipinski definition) is 1. The molecule has 17 heavy (non-hydrogen) atoms. The predicted molar refractivity (Wildman–Crippen MR) is 77.9 cm³/mol. The number of benzene rings is 1. The van der Waals surface area contributed by atoms with Gasteiger partial charge in [-0.3, -0.25) is 4.90 Å². The van der Waals surface area contributed by atoms with Gasteiger partial charge in [0, 0.05) is 29.6 Å². The molecule has 4 heteroatoms. The summed E-state index contributed by atoms with van der Waals surface area (Å²) in [4.78, 5) is 2.49. The molecule has 1 saturated heterocycles. The number of halogens is 2. The van der Waals surface area contributed by atoms with Gasteiger partial charge in [0.2, 0.25) is 0 Å². The first kappa shape index (κ1) is 13.2. The summed E-state index contributed by atoms with van der Waals surface area (Å²) in [6.07, 6.45) is 1.19. The van der Waals surface area contributed by atoms with Gasteiger partial charge in [0.25, 0.3) is 0 Å². The lowest BCUT2D eigenvalue weighted by Crippen LogP contribution is -2.31. The quantitative estimate of drug-likeness (QED) is 0.906. The fraction of sp³-hybridized carbons (Fsp3) is 0.538. The molecule has 1 unspecified atom stereocenters. The van der Waals surface area contributed by atoms with E-state index in [1.54, 1.807) is 0 Å². The van der Waals surface area contributed by atoms with Gasteiger partial charge in [0.05, 0.1) is 10.7 Å². The lowest BCUT2D eigenvalue weighted by molar-refractivity contribution is 0.274. The van der Waals surface area contributed by atoms with Gasteiger partial charge in [0.15, 0.2) is 0 Å². The highest BCUT2D eigenvalue weighted by Crippen LogP contribution is 2.27. The van der Waals surface area contributed by atoms with E-state index in [4.69, 9.17) is 11.6 Å². The summed E-state index contributed by atoms with van der Waals surface area (Å²) < 4.78 is 1.02. The maximum Gasteiger partial charge on any atom is 0.0648 e. The molecule has 2 rings (SSSR count). The van der Waals surface area contributed by atoms with Crippen molar-refractivity contribution in [2.45, 2.75) is 32.4 Å². The molecule has 0 aromatic heterocycles. The summed E-state index contributed by atoms with van der Waals surface area (Å²) in [6, 6.07) is 7.12. The molecule has 0 saturated carbocycles. The molecule has 1 atom stereocenters. The standard InChI is InChI=1S/C13H18BrClN2/c1-9(2)17-6-5-11(8-17)16-13-4-3-10(14)7-12(13)15/h3-4,7,9,11,16H,5-6,8H2,1-2H3. The van der Waals surface area contributed by atoms with Crippen LogP contribution in [-0.4, -0.2) is 30.1 Å². The third-order valence-corrected chi connectivity index (χ3v) is 4.05. The molecule has 1 aromatic rings. The maximum atomic E-state index is 6.20. The van der Waals surface area contributed by atoms with Gasteiger partial charge in [-0.2, -0.15) is 0 Å². The predicted octanol–water partition coefficient (Wildman–Crippen LogP) is 4.00. The molecule has 1 aromatic carbocycles. The van der Waals surface area contributed by atoms with Crippen LogP contribution in [0.25, 0.3) is 0 Å². The molecule has 1 N–H and O–H groups in total. The normalized spacial score (nSPS) is 21.1. The van der Waals surface area contributed by atoms with Gasteiger partial charge in [0.1, 0.15) is 0 Å². The highest BCUT2D eigenvalue weighted by Gasteiger charge is 2.24. The lowest BCUT2D eigenvalue weighted by Gasteiger charge is -2.21. The van der Waals surface area contributed by atoms with Gasteiger partial charge in [-0.15, -0.1) is 0 Å². The Hall–Kier alpha value is -0.250. The summed E-state index contributed by atoms with van der Waals surface area (Å²) >= 11 is 9.62. The van der Waals surface area contributed by atoms with Crippen LogP contribution in [0, 0.1) is 0 Å². The lowest BCUT2D eigenvalue weighted by atomic mass is 10.2. The molecule has 0 radical (unpaired) electrons. The molecule has 0 amide bonds. The summed E-state index contributed by atoms with van der Waals surface area (Å²) in [7, 11) is 0. The Bertz CT molecular complexity index is 395. The monoisotopic (exact) mass is 316 g/mol. The average molecular weight is 318 g/mol. The Kier molecular flexibility index (Phi) is 4.34. The van der Waals surface area contributed by atoms with Gasteiger partial charge < -0.3 is 5.32 Å². The van der Waals surface area contributed by atoms with Crippen LogP contribution in [0.5, 0.6) is 0 Å². The van der Waals surface area contributed by atoms with E-state index in [2.05, 4.69) is 40.0 Å². The summed E-state index contributed by atoms with van der Waals surface area (Å²) in [5.74, 6) is 0. The zero-order valence-corrected chi connectivity index (χ0v) is 12.6. The topological polar surface area (TPSA) is 15.3 Å². The molecule has 0 bridgehead atoms. The molecule has 94 valence electrons. The fourth-order valence-corrected chi connectivity index (χ4v) is 2.93. The van der Waals surface area contributed by atoms with E-state index in [1.807, 2.05) is 18.2 Å². The van der Waals surface area contributed by atoms with Gasteiger partial charge in [-0.05, 0) is 38.5 Å². The minimum absolute atomic E-state index is 0.510. The van der Waals surface area contributed by atoms with Crippen LogP contribution in [-0.2, 0) is 0 Å². The second-order valence-corrected chi connectivity index (χ2v) is 6.17. The van der Waals surface area contributed by atoms with Gasteiger partial charge >= 0.3 is 0 Å². The zero-order chi connectivity index (χ0) is 12.4. The highest BCUT2D eigenvalue weighted by atomic mass is 79.9. The summed E-state index contributed by atoms with van der Waals surface area (Å²) in [6.45, 7) is 6.76. The molecule has 2 nitrogen and oxygen atoms in total. The van der Waals surface area contributed by atoms with Crippen molar-refractivity contribution >= 4 is 33.2 Å². The van der Waals surface area contributed by atoms with E-state index in [9.17, 15) is 0 Å². The van der Waals surface area contributed by atoms with E-state index >= 15 is 0 Å². The maximum absolute atomic E-state index is 6.20. The Morgan fingerprint density at radius 2 is 2.24 bits per heavy atom. The van der Waals surface area contributed by atoms with Crippen LogP contribution in [0.2, 0.25) is 5.02 Å². The number of rotatable bonds is 3. The van der Waals surface area contributed by atoms with Crippen LogP contribution in [0.3, 0.4) is 0 Å². The summed E-state index contributed by atoms with van der Waals surface area (Å²) in [5, 5.41) is 4.31. The Morgan fingerprint density at radius 3 is 2.82 bits per heavy atom. The number of nitrogens with one attached hydrogen (secondary N) is 1. The number of likely N-dealkylation sites (tertiary alicyclic amines) is 1. The Balaban J connectivity index is 1.98. The van der Waals surface area contributed by atoms with Crippen LogP contribution < -0.4 is 5.32 Å². The van der Waals surface area contributed by atoms with Crippen molar-refractivity contribution in [3.05, 3.63) is 27.7 Å². The Labute approximate surface area is 116 Å². The van der Waals surface area contributed by atoms with Crippen LogP contribution in [0.1, 0.15) is 20.3 Å². The molecule has 1 aliphatic rings. The number of hydrogen-bond acceptors (Lipinski definition) is 2. The van der Waals surface area contributed by atoms with Gasteiger partial charge in [-0.1, -0.05) is 27.5 Å². The van der Waals surface area contributed by atoms with Crippen molar-refractivity contribution < 1.29 is 0 Å². The van der Waals surface area contributed by atoms with E-state index in [-0.39, 0.29) is 0 Å². The second kappa shape index (κ2) is 5.59. The van der Waals surface area contributed by atoms with Crippen LogP contribution in [0.4, 0.5) is 5.69 Å². The Morgan fingerprint density at radius 1 is 1.47 bits per heavy atom. The number of anilines is 1. The van der Waals surface area contributed by atoms with Crippen molar-refractivity contribution in [3.8, 4) is 0 Å². The molecule has 0 spiro atoms. The molecule has 1 heterocycles. The van der Waals surface area contributed by atoms with Gasteiger partial charge in [-0.25, -0.2) is 0 Å².